The zero-order chi connectivity index (χ0) is 16.8. The van der Waals surface area contributed by atoms with Gasteiger partial charge in [0.25, 0.3) is 5.88 Å². The lowest BCUT2D eigenvalue weighted by Crippen LogP contribution is -2.28. The fourth-order valence-electron chi connectivity index (χ4n) is 2.07. The summed E-state index contributed by atoms with van der Waals surface area (Å²) in [5, 5.41) is 6.25. The molecule has 0 saturated carbocycles. The number of carbonyl (C=O) groups excluding carboxylic acids is 1. The molecule has 3 rings (SSSR count). The molecule has 0 aliphatic rings. The van der Waals surface area contributed by atoms with Crippen molar-refractivity contribution < 1.29 is 18.4 Å². The van der Waals surface area contributed by atoms with Crippen LogP contribution in [-0.4, -0.2) is 22.8 Å². The summed E-state index contributed by atoms with van der Waals surface area (Å²) in [5.41, 5.74) is 1.52. The Balaban J connectivity index is 1.52. The van der Waals surface area contributed by atoms with Crippen LogP contribution in [-0.2, 0) is 6.42 Å². The number of ether oxygens (including phenoxy) is 1. The lowest BCUT2D eigenvalue weighted by atomic mass is 10.2. The van der Waals surface area contributed by atoms with Gasteiger partial charge in [0.15, 0.2) is 5.76 Å². The lowest BCUT2D eigenvalue weighted by molar-refractivity contribution is 0.196. The second-order valence-corrected chi connectivity index (χ2v) is 4.97. The van der Waals surface area contributed by atoms with E-state index in [1.807, 2.05) is 12.1 Å². The van der Waals surface area contributed by atoms with Crippen molar-refractivity contribution in [3.05, 3.63) is 66.2 Å². The fourth-order valence-corrected chi connectivity index (χ4v) is 2.07. The van der Waals surface area contributed by atoms with Crippen molar-refractivity contribution in [2.45, 2.75) is 6.42 Å². The summed E-state index contributed by atoms with van der Waals surface area (Å²) < 4.78 is 23.3. The molecular formula is C17H14FN3O3. The molecule has 0 fully saturated rings. The molecular weight excluding hydrogens is 313 g/mol. The van der Waals surface area contributed by atoms with E-state index in [1.54, 1.807) is 24.5 Å². The van der Waals surface area contributed by atoms with Crippen LogP contribution in [0.3, 0.4) is 0 Å². The first-order chi connectivity index (χ1) is 11.7. The molecule has 0 unspecified atom stereocenters. The first-order valence-corrected chi connectivity index (χ1v) is 7.28. The molecule has 0 aliphatic heterocycles. The quantitative estimate of drug-likeness (QED) is 0.778. The lowest BCUT2D eigenvalue weighted by Gasteiger charge is -2.03. The summed E-state index contributed by atoms with van der Waals surface area (Å²) in [6.45, 7) is 0.402. The number of pyridine rings is 1. The second-order valence-electron chi connectivity index (χ2n) is 4.97. The Hall–Kier alpha value is -3.22. The molecule has 7 heteroatoms. The van der Waals surface area contributed by atoms with E-state index in [1.165, 1.54) is 18.2 Å². The molecule has 0 saturated heterocycles. The van der Waals surface area contributed by atoms with Crippen molar-refractivity contribution >= 4 is 6.09 Å². The molecule has 2 heterocycles. The van der Waals surface area contributed by atoms with Crippen LogP contribution in [0.5, 0.6) is 5.88 Å². The maximum atomic E-state index is 13.2. The highest BCUT2D eigenvalue weighted by Crippen LogP contribution is 2.24. The summed E-state index contributed by atoms with van der Waals surface area (Å²) in [6, 6.07) is 11.0. The summed E-state index contributed by atoms with van der Waals surface area (Å²) in [6.07, 6.45) is 3.41. The van der Waals surface area contributed by atoms with E-state index in [0.717, 1.165) is 5.56 Å². The van der Waals surface area contributed by atoms with Crippen LogP contribution in [0.4, 0.5) is 9.18 Å². The van der Waals surface area contributed by atoms with Crippen molar-refractivity contribution in [1.29, 1.82) is 0 Å². The number of aromatic nitrogens is 2. The predicted octanol–water partition coefficient (Wildman–Crippen LogP) is 3.21. The number of benzene rings is 1. The third-order valence-electron chi connectivity index (χ3n) is 3.20. The van der Waals surface area contributed by atoms with Gasteiger partial charge < -0.3 is 14.6 Å². The van der Waals surface area contributed by atoms with Gasteiger partial charge in [0.2, 0.25) is 0 Å². The average molecular weight is 327 g/mol. The van der Waals surface area contributed by atoms with Gasteiger partial charge in [-0.15, -0.1) is 0 Å². The van der Waals surface area contributed by atoms with E-state index in [2.05, 4.69) is 15.5 Å². The maximum absolute atomic E-state index is 13.2. The van der Waals surface area contributed by atoms with Crippen molar-refractivity contribution in [3.8, 4) is 17.2 Å². The van der Waals surface area contributed by atoms with Crippen molar-refractivity contribution in [2.24, 2.45) is 0 Å². The SMILES string of the molecule is O=C(NCCc1cccnc1)Oc1cc(-c2cccc(F)c2)on1. The molecule has 1 aromatic carbocycles. The van der Waals surface area contributed by atoms with Crippen molar-refractivity contribution in [3.63, 3.8) is 0 Å². The largest absolute Gasteiger partial charge is 0.414 e. The Labute approximate surface area is 137 Å². The molecule has 6 nitrogen and oxygen atoms in total. The third-order valence-corrected chi connectivity index (χ3v) is 3.20. The van der Waals surface area contributed by atoms with Gasteiger partial charge in [-0.05, 0) is 35.3 Å². The minimum absolute atomic E-state index is 0.00754. The maximum Gasteiger partial charge on any atom is 0.414 e. The number of hydrogen-bond donors (Lipinski definition) is 1. The Bertz CT molecular complexity index is 821. The minimum Gasteiger partial charge on any atom is -0.388 e. The number of halogens is 1. The molecule has 0 aliphatic carbocycles. The van der Waals surface area contributed by atoms with Gasteiger partial charge in [0.05, 0.1) is 6.07 Å². The monoisotopic (exact) mass is 327 g/mol. The molecule has 0 atom stereocenters. The zero-order valence-corrected chi connectivity index (χ0v) is 12.6. The van der Waals surface area contributed by atoms with Gasteiger partial charge in [-0.25, -0.2) is 9.18 Å². The van der Waals surface area contributed by atoms with Gasteiger partial charge >= 0.3 is 6.09 Å². The summed E-state index contributed by atoms with van der Waals surface area (Å²) >= 11 is 0. The molecule has 3 aromatic rings. The van der Waals surface area contributed by atoms with Gasteiger partial charge in [-0.2, -0.15) is 0 Å². The highest BCUT2D eigenvalue weighted by Gasteiger charge is 2.11. The Morgan fingerprint density at radius 3 is 2.96 bits per heavy atom. The first kappa shape index (κ1) is 15.7. The summed E-state index contributed by atoms with van der Waals surface area (Å²) in [4.78, 5) is 15.7. The topological polar surface area (TPSA) is 77.2 Å². The number of nitrogens with zero attached hydrogens (tertiary/aromatic N) is 2. The third kappa shape index (κ3) is 4.16. The van der Waals surface area contributed by atoms with Crippen LogP contribution < -0.4 is 10.1 Å². The van der Waals surface area contributed by atoms with E-state index in [4.69, 9.17) is 9.26 Å². The van der Waals surface area contributed by atoms with Gasteiger partial charge in [0, 0.05) is 24.5 Å². The van der Waals surface area contributed by atoms with Crippen LogP contribution >= 0.6 is 0 Å². The molecule has 0 radical (unpaired) electrons. The van der Waals surface area contributed by atoms with E-state index in [9.17, 15) is 9.18 Å². The smallest absolute Gasteiger partial charge is 0.388 e. The van der Waals surface area contributed by atoms with E-state index in [-0.39, 0.29) is 11.7 Å². The van der Waals surface area contributed by atoms with Crippen LogP contribution in [0.25, 0.3) is 11.3 Å². The summed E-state index contributed by atoms with van der Waals surface area (Å²) in [5.74, 6) is -0.0692. The molecule has 24 heavy (non-hydrogen) atoms. The average Bonchev–Trinajstić information content (AvgIpc) is 3.04. The molecule has 122 valence electrons. The Morgan fingerprint density at radius 2 is 2.17 bits per heavy atom. The minimum atomic E-state index is -0.641. The second kappa shape index (κ2) is 7.36. The van der Waals surface area contributed by atoms with Gasteiger partial charge in [-0.3, -0.25) is 4.98 Å². The van der Waals surface area contributed by atoms with E-state index < -0.39 is 6.09 Å². The summed E-state index contributed by atoms with van der Waals surface area (Å²) in [7, 11) is 0. The normalized spacial score (nSPS) is 10.4. The van der Waals surface area contributed by atoms with E-state index in [0.29, 0.717) is 24.3 Å². The zero-order valence-electron chi connectivity index (χ0n) is 12.6. The number of hydrogen-bond acceptors (Lipinski definition) is 5. The van der Waals surface area contributed by atoms with Gasteiger partial charge in [0.1, 0.15) is 5.82 Å². The van der Waals surface area contributed by atoms with Crippen molar-refractivity contribution in [1.82, 2.24) is 15.5 Å². The molecule has 0 bridgehead atoms. The van der Waals surface area contributed by atoms with E-state index >= 15 is 0 Å². The van der Waals surface area contributed by atoms with Gasteiger partial charge in [-0.1, -0.05) is 18.2 Å². The van der Waals surface area contributed by atoms with Crippen LogP contribution in [0.2, 0.25) is 0 Å². The first-order valence-electron chi connectivity index (χ1n) is 7.28. The Morgan fingerprint density at radius 1 is 1.25 bits per heavy atom. The fraction of sp³-hybridized carbons (Fsp3) is 0.118. The highest BCUT2D eigenvalue weighted by molar-refractivity contribution is 5.70. The molecule has 2 aromatic heterocycles. The van der Waals surface area contributed by atoms with Crippen molar-refractivity contribution in [2.75, 3.05) is 6.54 Å². The molecule has 0 spiro atoms. The van der Waals surface area contributed by atoms with Crippen LogP contribution in [0.1, 0.15) is 5.56 Å². The molecule has 1 N–H and O–H groups in total. The number of nitrogens with one attached hydrogen (secondary N) is 1. The van der Waals surface area contributed by atoms with Crippen LogP contribution in [0.15, 0.2) is 59.4 Å². The predicted molar refractivity (Wildman–Crippen MR) is 83.9 cm³/mol. The number of amides is 1. The highest BCUT2D eigenvalue weighted by atomic mass is 19.1. The van der Waals surface area contributed by atoms with Crippen LogP contribution in [0, 0.1) is 5.82 Å². The Kier molecular flexibility index (Phi) is 4.81. The standard InChI is InChI=1S/C17H14FN3O3/c18-14-5-1-4-13(9-14)15-10-16(21-24-15)23-17(22)20-8-6-12-3-2-7-19-11-12/h1-5,7,9-11H,6,8H2,(H,20,22). The number of rotatable bonds is 5. The molecule has 1 amide bonds. The number of carbonyl (C=O) groups is 1.